The molecule has 1 heterocycles. The van der Waals surface area contributed by atoms with Crippen molar-refractivity contribution in [3.63, 3.8) is 0 Å². The minimum absolute atomic E-state index is 0.0884. The van der Waals surface area contributed by atoms with E-state index in [1.54, 1.807) is 0 Å². The molecule has 0 unspecified atom stereocenters. The van der Waals surface area contributed by atoms with Crippen LogP contribution in [0.2, 0.25) is 0 Å². The van der Waals surface area contributed by atoms with Gasteiger partial charge in [-0.25, -0.2) is 8.42 Å². The number of sulfonamides is 1. The average molecular weight is 347 g/mol. The third-order valence-corrected chi connectivity index (χ3v) is 4.35. The van der Waals surface area contributed by atoms with E-state index in [9.17, 15) is 26.4 Å². The van der Waals surface area contributed by atoms with Gasteiger partial charge in [-0.1, -0.05) is 12.1 Å². The Hall–Kier alpha value is -2.49. The van der Waals surface area contributed by atoms with Gasteiger partial charge in [0.2, 0.25) is 0 Å². The SMILES string of the molecule is Cn1cc(S(=O)(=O)Nc2ccccc2C(F)(F)F)cc1C(N)=O. The number of benzene rings is 1. The molecule has 1 aromatic heterocycles. The molecule has 0 radical (unpaired) electrons. The lowest BCUT2D eigenvalue weighted by atomic mass is 10.2. The molecule has 2 rings (SSSR count). The Morgan fingerprint density at radius 1 is 1.26 bits per heavy atom. The molecule has 0 aliphatic heterocycles. The van der Waals surface area contributed by atoms with Gasteiger partial charge in [0.05, 0.1) is 11.3 Å². The number of nitrogens with two attached hydrogens (primary N) is 1. The summed E-state index contributed by atoms with van der Waals surface area (Å²) in [7, 11) is -2.92. The lowest BCUT2D eigenvalue weighted by Gasteiger charge is -2.14. The summed E-state index contributed by atoms with van der Waals surface area (Å²) in [6.45, 7) is 0. The second-order valence-corrected chi connectivity index (χ2v) is 6.37. The van der Waals surface area contributed by atoms with E-state index in [0.29, 0.717) is 0 Å². The molecular weight excluding hydrogens is 335 g/mol. The predicted molar refractivity (Wildman–Crippen MR) is 76.2 cm³/mol. The quantitative estimate of drug-likeness (QED) is 0.885. The van der Waals surface area contributed by atoms with Crippen molar-refractivity contribution >= 4 is 21.6 Å². The zero-order chi connectivity index (χ0) is 17.4. The first-order chi connectivity index (χ1) is 10.5. The molecule has 6 nitrogen and oxygen atoms in total. The van der Waals surface area contributed by atoms with E-state index in [0.717, 1.165) is 30.5 Å². The lowest BCUT2D eigenvalue weighted by Crippen LogP contribution is -2.17. The number of carbonyl (C=O) groups excluding carboxylic acids is 1. The molecule has 3 N–H and O–H groups in total. The number of aromatic nitrogens is 1. The Labute approximate surface area is 129 Å². The Morgan fingerprint density at radius 2 is 1.87 bits per heavy atom. The first-order valence-electron chi connectivity index (χ1n) is 6.17. The van der Waals surface area contributed by atoms with Gasteiger partial charge in [0.1, 0.15) is 10.6 Å². The molecule has 0 bridgehead atoms. The van der Waals surface area contributed by atoms with Crippen LogP contribution in [0.25, 0.3) is 0 Å². The number of aryl methyl sites for hydroxylation is 1. The summed E-state index contributed by atoms with van der Waals surface area (Å²) >= 11 is 0. The monoisotopic (exact) mass is 347 g/mol. The van der Waals surface area contributed by atoms with E-state index in [1.165, 1.54) is 17.7 Å². The highest BCUT2D eigenvalue weighted by molar-refractivity contribution is 7.92. The van der Waals surface area contributed by atoms with Gasteiger partial charge >= 0.3 is 6.18 Å². The number of hydrogen-bond donors (Lipinski definition) is 2. The van der Waals surface area contributed by atoms with Crippen LogP contribution in [-0.2, 0) is 23.2 Å². The van der Waals surface area contributed by atoms with E-state index in [1.807, 2.05) is 4.72 Å². The van der Waals surface area contributed by atoms with E-state index in [2.05, 4.69) is 0 Å². The van der Waals surface area contributed by atoms with Crippen molar-refractivity contribution < 1.29 is 26.4 Å². The molecule has 0 aliphatic carbocycles. The van der Waals surface area contributed by atoms with Crippen molar-refractivity contribution in [2.45, 2.75) is 11.1 Å². The lowest BCUT2D eigenvalue weighted by molar-refractivity contribution is -0.136. The molecule has 124 valence electrons. The van der Waals surface area contributed by atoms with Crippen LogP contribution >= 0.6 is 0 Å². The summed E-state index contributed by atoms with van der Waals surface area (Å²) in [6, 6.07) is 5.16. The van der Waals surface area contributed by atoms with Crippen LogP contribution in [0.3, 0.4) is 0 Å². The molecule has 1 amide bonds. The van der Waals surface area contributed by atoms with Gasteiger partial charge in [-0.05, 0) is 18.2 Å². The van der Waals surface area contributed by atoms with Crippen LogP contribution in [0.4, 0.5) is 18.9 Å². The van der Waals surface area contributed by atoms with Gasteiger partial charge in [-0.3, -0.25) is 9.52 Å². The van der Waals surface area contributed by atoms with Gasteiger partial charge in [0.25, 0.3) is 15.9 Å². The second kappa shape index (κ2) is 5.61. The molecule has 0 spiro atoms. The molecule has 0 fully saturated rings. The molecule has 2 aromatic rings. The zero-order valence-electron chi connectivity index (χ0n) is 11.8. The number of hydrogen-bond acceptors (Lipinski definition) is 3. The molecule has 0 saturated heterocycles. The van der Waals surface area contributed by atoms with Gasteiger partial charge < -0.3 is 10.3 Å². The number of carbonyl (C=O) groups is 1. The maximum Gasteiger partial charge on any atom is 0.418 e. The molecular formula is C13H12F3N3O3S. The summed E-state index contributed by atoms with van der Waals surface area (Å²) in [5, 5.41) is 0. The highest BCUT2D eigenvalue weighted by Crippen LogP contribution is 2.35. The minimum Gasteiger partial charge on any atom is -0.364 e. The van der Waals surface area contributed by atoms with Gasteiger partial charge in [-0.15, -0.1) is 0 Å². The smallest absolute Gasteiger partial charge is 0.364 e. The fourth-order valence-electron chi connectivity index (χ4n) is 1.95. The zero-order valence-corrected chi connectivity index (χ0v) is 12.6. The molecule has 0 atom stereocenters. The topological polar surface area (TPSA) is 94.2 Å². The van der Waals surface area contributed by atoms with Crippen LogP contribution in [0.5, 0.6) is 0 Å². The average Bonchev–Trinajstić information content (AvgIpc) is 2.81. The van der Waals surface area contributed by atoms with Crippen molar-refractivity contribution in [2.75, 3.05) is 4.72 Å². The fraction of sp³-hybridized carbons (Fsp3) is 0.154. The number of primary amides is 1. The molecule has 0 aliphatic rings. The van der Waals surface area contributed by atoms with Crippen LogP contribution in [0.1, 0.15) is 16.1 Å². The molecule has 0 saturated carbocycles. The number of para-hydroxylation sites is 1. The van der Waals surface area contributed by atoms with E-state index >= 15 is 0 Å². The summed E-state index contributed by atoms with van der Waals surface area (Å²) in [4.78, 5) is 10.8. The van der Waals surface area contributed by atoms with Gasteiger partial charge in [0, 0.05) is 13.2 Å². The Balaban J connectivity index is 2.44. The number of nitrogens with zero attached hydrogens (tertiary/aromatic N) is 1. The van der Waals surface area contributed by atoms with Crippen molar-refractivity contribution in [1.82, 2.24) is 4.57 Å². The number of anilines is 1. The maximum atomic E-state index is 12.9. The first kappa shape index (κ1) is 16.9. The van der Waals surface area contributed by atoms with Crippen LogP contribution in [0, 0.1) is 0 Å². The van der Waals surface area contributed by atoms with E-state index < -0.39 is 33.4 Å². The number of nitrogens with one attached hydrogen (secondary N) is 1. The predicted octanol–water partition coefficient (Wildman–Crippen LogP) is 1.94. The first-order valence-corrected chi connectivity index (χ1v) is 7.66. The van der Waals surface area contributed by atoms with Crippen LogP contribution in [-0.4, -0.2) is 18.9 Å². The third kappa shape index (κ3) is 3.47. The number of alkyl halides is 3. The Bertz CT molecular complexity index is 857. The summed E-state index contributed by atoms with van der Waals surface area (Å²) < 4.78 is 66.2. The normalized spacial score (nSPS) is 12.2. The second-order valence-electron chi connectivity index (χ2n) is 4.69. The van der Waals surface area contributed by atoms with E-state index in [-0.39, 0.29) is 10.6 Å². The summed E-state index contributed by atoms with van der Waals surface area (Å²) in [6.07, 6.45) is -3.63. The van der Waals surface area contributed by atoms with Gasteiger partial charge in [-0.2, -0.15) is 13.2 Å². The number of halogens is 3. The summed E-state index contributed by atoms with van der Waals surface area (Å²) in [5.41, 5.74) is 3.27. The molecule has 10 heteroatoms. The third-order valence-electron chi connectivity index (χ3n) is 3.02. The Morgan fingerprint density at radius 3 is 2.39 bits per heavy atom. The van der Waals surface area contributed by atoms with Crippen molar-refractivity contribution in [2.24, 2.45) is 12.8 Å². The standard InChI is InChI=1S/C13H12F3N3O3S/c1-19-7-8(6-11(19)12(17)20)23(21,22)18-10-5-3-2-4-9(10)13(14,15)16/h2-7,18H,1H3,(H2,17,20). The van der Waals surface area contributed by atoms with Crippen LogP contribution in [0.15, 0.2) is 41.4 Å². The maximum absolute atomic E-state index is 12.9. The molecule has 1 aromatic carbocycles. The van der Waals surface area contributed by atoms with Crippen molar-refractivity contribution in [3.8, 4) is 0 Å². The van der Waals surface area contributed by atoms with E-state index in [4.69, 9.17) is 5.73 Å². The van der Waals surface area contributed by atoms with Crippen molar-refractivity contribution in [1.29, 1.82) is 0 Å². The minimum atomic E-state index is -4.71. The van der Waals surface area contributed by atoms with Gasteiger partial charge in [0.15, 0.2) is 0 Å². The van der Waals surface area contributed by atoms with Crippen molar-refractivity contribution in [3.05, 3.63) is 47.8 Å². The highest BCUT2D eigenvalue weighted by Gasteiger charge is 2.34. The number of rotatable bonds is 4. The fourth-order valence-corrected chi connectivity index (χ4v) is 3.10. The largest absolute Gasteiger partial charge is 0.418 e. The summed E-state index contributed by atoms with van der Waals surface area (Å²) in [5.74, 6) is -0.857. The number of amides is 1. The molecule has 23 heavy (non-hydrogen) atoms. The Kier molecular flexibility index (Phi) is 4.12. The van der Waals surface area contributed by atoms with Crippen LogP contribution < -0.4 is 10.5 Å². The highest BCUT2D eigenvalue weighted by atomic mass is 32.2.